The summed E-state index contributed by atoms with van der Waals surface area (Å²) >= 11 is 0. The lowest BCUT2D eigenvalue weighted by molar-refractivity contribution is 0.0688. The first-order chi connectivity index (χ1) is 13.1. The molecule has 7 heteroatoms. The molecule has 1 aliphatic heterocycles. The van der Waals surface area contributed by atoms with E-state index in [9.17, 15) is 9.59 Å². The molecule has 2 aromatic rings. The molecule has 27 heavy (non-hydrogen) atoms. The van der Waals surface area contributed by atoms with Crippen LogP contribution >= 0.6 is 0 Å². The Morgan fingerprint density at radius 1 is 1.07 bits per heavy atom. The smallest absolute Gasteiger partial charge is 0.338 e. The molecule has 2 aliphatic rings. The van der Waals surface area contributed by atoms with Crippen LogP contribution in [0.3, 0.4) is 0 Å². The summed E-state index contributed by atoms with van der Waals surface area (Å²) in [5, 5.41) is 13.2. The molecule has 0 atom stereocenters. The van der Waals surface area contributed by atoms with Gasteiger partial charge in [-0.1, -0.05) is 0 Å². The van der Waals surface area contributed by atoms with Crippen molar-refractivity contribution in [3.63, 3.8) is 0 Å². The molecule has 7 nitrogen and oxygen atoms in total. The number of aromatic nitrogens is 2. The van der Waals surface area contributed by atoms with Crippen molar-refractivity contribution in [3.05, 3.63) is 47.8 Å². The number of carbonyl (C=O) groups excluding carboxylic acids is 1. The first kappa shape index (κ1) is 17.6. The highest BCUT2D eigenvalue weighted by Crippen LogP contribution is 2.29. The zero-order valence-corrected chi connectivity index (χ0v) is 15.1. The van der Waals surface area contributed by atoms with Gasteiger partial charge in [0.1, 0.15) is 5.75 Å². The Labute approximate surface area is 157 Å². The fourth-order valence-corrected chi connectivity index (χ4v) is 3.36. The summed E-state index contributed by atoms with van der Waals surface area (Å²) in [6.07, 6.45) is 6.95. The molecule has 4 rings (SSSR count). The van der Waals surface area contributed by atoms with Gasteiger partial charge in [-0.05, 0) is 55.9 Å². The third-order valence-corrected chi connectivity index (χ3v) is 5.26. The van der Waals surface area contributed by atoms with Crippen molar-refractivity contribution >= 4 is 11.9 Å². The second kappa shape index (κ2) is 7.42. The van der Waals surface area contributed by atoms with Crippen molar-refractivity contribution in [1.29, 1.82) is 0 Å². The van der Waals surface area contributed by atoms with Crippen LogP contribution in [0.15, 0.2) is 36.7 Å². The lowest BCUT2D eigenvalue weighted by Gasteiger charge is -2.32. The average Bonchev–Trinajstić information content (AvgIpc) is 3.39. The quantitative estimate of drug-likeness (QED) is 0.846. The van der Waals surface area contributed by atoms with Crippen LogP contribution in [0.4, 0.5) is 0 Å². The van der Waals surface area contributed by atoms with E-state index in [1.165, 1.54) is 19.0 Å². The molecule has 1 N–H and O–H groups in total. The fraction of sp³-hybridized carbons (Fsp3) is 0.450. The van der Waals surface area contributed by atoms with Gasteiger partial charge in [0, 0.05) is 24.8 Å². The van der Waals surface area contributed by atoms with E-state index in [4.69, 9.17) is 9.84 Å². The Balaban J connectivity index is 1.31. The number of ether oxygens (including phenoxy) is 1. The first-order valence-electron chi connectivity index (χ1n) is 9.40. The normalized spacial score (nSPS) is 17.7. The van der Waals surface area contributed by atoms with E-state index in [1.807, 2.05) is 29.2 Å². The molecule has 2 heterocycles. The maximum Gasteiger partial charge on any atom is 0.338 e. The van der Waals surface area contributed by atoms with Gasteiger partial charge in [0.05, 0.1) is 24.4 Å². The van der Waals surface area contributed by atoms with Crippen LogP contribution < -0.4 is 4.74 Å². The summed E-state index contributed by atoms with van der Waals surface area (Å²) in [5.74, 6) is 0.561. The van der Waals surface area contributed by atoms with Gasteiger partial charge < -0.3 is 14.7 Å². The van der Waals surface area contributed by atoms with E-state index in [0.717, 1.165) is 25.2 Å². The Morgan fingerprint density at radius 2 is 1.78 bits per heavy atom. The second-order valence-electron chi connectivity index (χ2n) is 7.32. The Hall–Kier alpha value is -2.83. The number of carboxylic acid groups (broad SMARTS) is 1. The van der Waals surface area contributed by atoms with Gasteiger partial charge in [0.2, 0.25) is 0 Å². The van der Waals surface area contributed by atoms with Crippen LogP contribution in [-0.2, 0) is 0 Å². The minimum atomic E-state index is -0.974. The largest absolute Gasteiger partial charge is 0.493 e. The number of aromatic carboxylic acids is 1. The van der Waals surface area contributed by atoms with E-state index in [-0.39, 0.29) is 17.5 Å². The van der Waals surface area contributed by atoms with Crippen LogP contribution in [0, 0.1) is 5.92 Å². The van der Waals surface area contributed by atoms with E-state index < -0.39 is 5.97 Å². The molecule has 1 amide bonds. The van der Waals surface area contributed by atoms with Crippen molar-refractivity contribution in [1.82, 2.24) is 14.7 Å². The molecule has 1 saturated heterocycles. The standard InChI is InChI=1S/C20H23N3O4/c24-19(15-3-5-18(6-4-15)27-13-14-1-2-14)22-9-7-17(8-10-22)23-12-16(11-21-23)20(25)26/h3-6,11-12,14,17H,1-2,7-10,13H2,(H,25,26). The molecule has 142 valence electrons. The van der Waals surface area contributed by atoms with E-state index in [0.29, 0.717) is 24.6 Å². The summed E-state index contributed by atoms with van der Waals surface area (Å²) in [6.45, 7) is 2.02. The molecule has 0 radical (unpaired) electrons. The summed E-state index contributed by atoms with van der Waals surface area (Å²) in [4.78, 5) is 25.5. The summed E-state index contributed by atoms with van der Waals surface area (Å²) in [7, 11) is 0. The Kier molecular flexibility index (Phi) is 4.83. The topological polar surface area (TPSA) is 84.7 Å². The highest BCUT2D eigenvalue weighted by atomic mass is 16.5. The Bertz CT molecular complexity index is 818. The number of hydrogen-bond acceptors (Lipinski definition) is 4. The number of piperidine rings is 1. The number of amides is 1. The zero-order valence-electron chi connectivity index (χ0n) is 15.1. The third-order valence-electron chi connectivity index (χ3n) is 5.26. The van der Waals surface area contributed by atoms with E-state index in [1.54, 1.807) is 10.9 Å². The van der Waals surface area contributed by atoms with Crippen molar-refractivity contribution in [2.24, 2.45) is 5.92 Å². The molecular weight excluding hydrogens is 346 g/mol. The zero-order chi connectivity index (χ0) is 18.8. The van der Waals surface area contributed by atoms with Crippen molar-refractivity contribution in [2.45, 2.75) is 31.7 Å². The first-order valence-corrected chi connectivity index (χ1v) is 9.40. The monoisotopic (exact) mass is 369 g/mol. The molecule has 0 unspecified atom stereocenters. The van der Waals surface area contributed by atoms with Gasteiger partial charge in [-0.15, -0.1) is 0 Å². The van der Waals surface area contributed by atoms with E-state index in [2.05, 4.69) is 5.10 Å². The lowest BCUT2D eigenvalue weighted by atomic mass is 10.0. The Morgan fingerprint density at radius 3 is 2.37 bits per heavy atom. The van der Waals surface area contributed by atoms with Crippen LogP contribution in [0.1, 0.15) is 52.4 Å². The lowest BCUT2D eigenvalue weighted by Crippen LogP contribution is -2.39. The predicted octanol–water partition coefficient (Wildman–Crippen LogP) is 2.85. The molecule has 1 saturated carbocycles. The molecule has 0 spiro atoms. The van der Waals surface area contributed by atoms with Crippen LogP contribution in [0.5, 0.6) is 5.75 Å². The number of benzene rings is 1. The number of likely N-dealkylation sites (tertiary alicyclic amines) is 1. The molecule has 1 aromatic heterocycles. The highest BCUT2D eigenvalue weighted by molar-refractivity contribution is 5.94. The number of nitrogens with zero attached hydrogens (tertiary/aromatic N) is 3. The minimum Gasteiger partial charge on any atom is -0.493 e. The second-order valence-corrected chi connectivity index (χ2v) is 7.32. The number of hydrogen-bond donors (Lipinski definition) is 1. The summed E-state index contributed by atoms with van der Waals surface area (Å²) in [5.41, 5.74) is 0.858. The highest BCUT2D eigenvalue weighted by Gasteiger charge is 2.26. The molecule has 0 bridgehead atoms. The van der Waals surface area contributed by atoms with Crippen molar-refractivity contribution in [3.8, 4) is 5.75 Å². The number of carboxylic acids is 1. The maximum atomic E-state index is 12.7. The molecule has 2 fully saturated rings. The van der Waals surface area contributed by atoms with Crippen LogP contribution in [-0.4, -0.2) is 51.4 Å². The van der Waals surface area contributed by atoms with Gasteiger partial charge >= 0.3 is 5.97 Å². The SMILES string of the molecule is O=C(O)c1cnn(C2CCN(C(=O)c3ccc(OCC4CC4)cc3)CC2)c1. The van der Waals surface area contributed by atoms with Crippen LogP contribution in [0.25, 0.3) is 0 Å². The number of rotatable bonds is 6. The van der Waals surface area contributed by atoms with Crippen LogP contribution in [0.2, 0.25) is 0 Å². The van der Waals surface area contributed by atoms with Gasteiger partial charge in [-0.3, -0.25) is 9.48 Å². The predicted molar refractivity (Wildman–Crippen MR) is 98.0 cm³/mol. The van der Waals surface area contributed by atoms with Gasteiger partial charge in [0.15, 0.2) is 0 Å². The fourth-order valence-electron chi connectivity index (χ4n) is 3.36. The molecular formula is C20H23N3O4. The van der Waals surface area contributed by atoms with Gasteiger partial charge in [-0.25, -0.2) is 4.79 Å². The molecule has 1 aliphatic carbocycles. The third kappa shape index (κ3) is 4.13. The summed E-state index contributed by atoms with van der Waals surface area (Å²) in [6, 6.07) is 7.49. The average molecular weight is 369 g/mol. The van der Waals surface area contributed by atoms with Gasteiger partial charge in [-0.2, -0.15) is 5.10 Å². The summed E-state index contributed by atoms with van der Waals surface area (Å²) < 4.78 is 7.42. The molecule has 1 aromatic carbocycles. The van der Waals surface area contributed by atoms with Crippen molar-refractivity contribution in [2.75, 3.05) is 19.7 Å². The van der Waals surface area contributed by atoms with Gasteiger partial charge in [0.25, 0.3) is 5.91 Å². The minimum absolute atomic E-state index is 0.0221. The maximum absolute atomic E-state index is 12.7. The van der Waals surface area contributed by atoms with Crippen molar-refractivity contribution < 1.29 is 19.4 Å². The van der Waals surface area contributed by atoms with E-state index >= 15 is 0 Å². The number of carbonyl (C=O) groups is 2.